The maximum atomic E-state index is 12.0. The summed E-state index contributed by atoms with van der Waals surface area (Å²) < 4.78 is 29.5. The minimum Gasteiger partial charge on any atom is -0.355 e. The largest absolute Gasteiger partial charge is 0.355 e. The van der Waals surface area contributed by atoms with Crippen LogP contribution in [-0.2, 0) is 9.84 Å². The Labute approximate surface area is 157 Å². The lowest BCUT2D eigenvalue weighted by molar-refractivity contribution is 0.329. The number of hydrogen-bond donors (Lipinski definition) is 0. The monoisotopic (exact) mass is 385 g/mol. The Morgan fingerprint density at radius 2 is 1.85 bits per heavy atom. The zero-order valence-corrected chi connectivity index (χ0v) is 15.6. The Hall–Kier alpha value is -2.81. The zero-order chi connectivity index (χ0) is 18.9. The average molecular weight is 385 g/mol. The number of sulfone groups is 1. The van der Waals surface area contributed by atoms with E-state index in [0.717, 1.165) is 12.8 Å². The highest BCUT2D eigenvalue weighted by Gasteiger charge is 2.28. The molecule has 1 fully saturated rings. The van der Waals surface area contributed by atoms with Crippen molar-refractivity contribution in [3.8, 4) is 11.5 Å². The fourth-order valence-corrected chi connectivity index (χ4v) is 4.09. The summed E-state index contributed by atoms with van der Waals surface area (Å²) in [5.74, 6) is 1.73. The summed E-state index contributed by atoms with van der Waals surface area (Å²) in [4.78, 5) is 15.3. The first-order valence-corrected chi connectivity index (χ1v) is 10.6. The van der Waals surface area contributed by atoms with E-state index in [0.29, 0.717) is 36.3 Å². The van der Waals surface area contributed by atoms with Gasteiger partial charge in [0.1, 0.15) is 16.4 Å². The van der Waals surface area contributed by atoms with E-state index in [-0.39, 0.29) is 10.8 Å². The molecule has 0 atom stereocenters. The summed E-state index contributed by atoms with van der Waals surface area (Å²) in [5.41, 5.74) is 0.677. The van der Waals surface area contributed by atoms with Crippen LogP contribution < -0.4 is 4.90 Å². The molecular formula is C18H19N5O3S. The number of aromatic nitrogens is 4. The lowest BCUT2D eigenvalue weighted by Crippen LogP contribution is -2.34. The van der Waals surface area contributed by atoms with E-state index in [1.807, 2.05) is 23.1 Å². The fourth-order valence-electron chi connectivity index (χ4n) is 3.25. The predicted molar refractivity (Wildman–Crippen MR) is 99.1 cm³/mol. The Balaban J connectivity index is 1.48. The van der Waals surface area contributed by atoms with Gasteiger partial charge in [-0.2, -0.15) is 4.98 Å². The molecule has 1 aliphatic heterocycles. The number of anilines is 1. The van der Waals surface area contributed by atoms with E-state index >= 15 is 0 Å². The van der Waals surface area contributed by atoms with Gasteiger partial charge in [0, 0.05) is 37.7 Å². The maximum Gasteiger partial charge on any atom is 0.230 e. The molecule has 4 heterocycles. The SMILES string of the molecule is CS(=O)(=O)c1cccnc1N1CCC(c2nc(-c3ccccn3)no2)CC1. The molecule has 0 N–H and O–H groups in total. The summed E-state index contributed by atoms with van der Waals surface area (Å²) in [5, 5.41) is 4.03. The number of hydrogen-bond acceptors (Lipinski definition) is 8. The van der Waals surface area contributed by atoms with Crippen molar-refractivity contribution in [2.24, 2.45) is 0 Å². The van der Waals surface area contributed by atoms with Gasteiger partial charge in [-0.25, -0.2) is 13.4 Å². The second-order valence-electron chi connectivity index (χ2n) is 6.53. The molecule has 0 amide bonds. The van der Waals surface area contributed by atoms with Crippen molar-refractivity contribution < 1.29 is 12.9 Å². The molecule has 4 rings (SSSR count). The summed E-state index contributed by atoms with van der Waals surface area (Å²) in [6.07, 6.45) is 6.08. The topological polar surface area (TPSA) is 102 Å². The van der Waals surface area contributed by atoms with E-state index in [9.17, 15) is 8.42 Å². The van der Waals surface area contributed by atoms with Gasteiger partial charge < -0.3 is 9.42 Å². The molecule has 0 aromatic carbocycles. The summed E-state index contributed by atoms with van der Waals surface area (Å²) in [6.45, 7) is 1.34. The number of pyridine rings is 2. The molecule has 0 saturated carbocycles. The van der Waals surface area contributed by atoms with Gasteiger partial charge in [0.2, 0.25) is 11.7 Å². The molecule has 9 heteroatoms. The second-order valence-corrected chi connectivity index (χ2v) is 8.51. The lowest BCUT2D eigenvalue weighted by Gasteiger charge is -2.32. The minimum absolute atomic E-state index is 0.136. The van der Waals surface area contributed by atoms with Gasteiger partial charge >= 0.3 is 0 Å². The van der Waals surface area contributed by atoms with E-state index in [1.165, 1.54) is 6.26 Å². The van der Waals surface area contributed by atoms with E-state index in [1.54, 1.807) is 24.5 Å². The highest BCUT2D eigenvalue weighted by molar-refractivity contribution is 7.90. The van der Waals surface area contributed by atoms with Crippen molar-refractivity contribution in [2.45, 2.75) is 23.7 Å². The van der Waals surface area contributed by atoms with Crippen LogP contribution in [0.25, 0.3) is 11.5 Å². The van der Waals surface area contributed by atoms with Crippen LogP contribution in [0.4, 0.5) is 5.82 Å². The number of nitrogens with zero attached hydrogens (tertiary/aromatic N) is 5. The van der Waals surface area contributed by atoms with Crippen molar-refractivity contribution in [3.05, 3.63) is 48.6 Å². The molecule has 0 spiro atoms. The summed E-state index contributed by atoms with van der Waals surface area (Å²) in [7, 11) is -3.33. The molecule has 1 aliphatic rings. The van der Waals surface area contributed by atoms with Crippen LogP contribution in [0.15, 0.2) is 52.1 Å². The van der Waals surface area contributed by atoms with Crippen LogP contribution in [0.3, 0.4) is 0 Å². The van der Waals surface area contributed by atoms with Crippen LogP contribution in [0, 0.1) is 0 Å². The highest BCUT2D eigenvalue weighted by atomic mass is 32.2. The molecule has 0 radical (unpaired) electrons. The molecule has 3 aromatic rings. The Kier molecular flexibility index (Phi) is 4.61. The van der Waals surface area contributed by atoms with Crippen LogP contribution >= 0.6 is 0 Å². The lowest BCUT2D eigenvalue weighted by atomic mass is 9.97. The molecule has 0 unspecified atom stereocenters. The van der Waals surface area contributed by atoms with Crippen molar-refractivity contribution in [2.75, 3.05) is 24.2 Å². The first-order valence-electron chi connectivity index (χ1n) is 8.67. The van der Waals surface area contributed by atoms with E-state index in [4.69, 9.17) is 4.52 Å². The van der Waals surface area contributed by atoms with Gasteiger partial charge in [0.05, 0.1) is 0 Å². The van der Waals surface area contributed by atoms with Gasteiger partial charge in [0.15, 0.2) is 9.84 Å². The minimum atomic E-state index is -3.33. The zero-order valence-electron chi connectivity index (χ0n) is 14.8. The van der Waals surface area contributed by atoms with E-state index in [2.05, 4.69) is 20.1 Å². The molecule has 27 heavy (non-hydrogen) atoms. The maximum absolute atomic E-state index is 12.0. The third kappa shape index (κ3) is 3.68. The van der Waals surface area contributed by atoms with Gasteiger partial charge in [-0.1, -0.05) is 11.2 Å². The van der Waals surface area contributed by atoms with Gasteiger partial charge in [-0.05, 0) is 37.1 Å². The van der Waals surface area contributed by atoms with Crippen LogP contribution in [0.2, 0.25) is 0 Å². The first kappa shape index (κ1) is 17.6. The van der Waals surface area contributed by atoms with Crippen LogP contribution in [-0.4, -0.2) is 47.9 Å². The van der Waals surface area contributed by atoms with Gasteiger partial charge in [-0.15, -0.1) is 0 Å². The van der Waals surface area contributed by atoms with Gasteiger partial charge in [0.25, 0.3) is 0 Å². The van der Waals surface area contributed by atoms with Crippen molar-refractivity contribution in [3.63, 3.8) is 0 Å². The van der Waals surface area contributed by atoms with Gasteiger partial charge in [-0.3, -0.25) is 4.98 Å². The number of rotatable bonds is 4. The van der Waals surface area contributed by atoms with Crippen LogP contribution in [0.1, 0.15) is 24.7 Å². The Morgan fingerprint density at radius 1 is 1.07 bits per heavy atom. The number of piperidine rings is 1. The Bertz CT molecular complexity index is 1030. The van der Waals surface area contributed by atoms with Crippen molar-refractivity contribution in [1.82, 2.24) is 20.1 Å². The fraction of sp³-hybridized carbons (Fsp3) is 0.333. The molecular weight excluding hydrogens is 366 g/mol. The average Bonchev–Trinajstić information content (AvgIpc) is 3.18. The standard InChI is InChI=1S/C18H19N5O3S/c1-27(24,25)15-6-4-10-20-17(15)23-11-7-13(8-12-23)18-21-16(22-26-18)14-5-2-3-9-19-14/h2-6,9-10,13H,7-8,11-12H2,1H3. The third-order valence-electron chi connectivity index (χ3n) is 4.63. The quantitative estimate of drug-likeness (QED) is 0.674. The normalized spacial score (nSPS) is 15.8. The van der Waals surface area contributed by atoms with Crippen molar-refractivity contribution in [1.29, 1.82) is 0 Å². The molecule has 140 valence electrons. The molecule has 3 aromatic heterocycles. The molecule has 0 bridgehead atoms. The highest BCUT2D eigenvalue weighted by Crippen LogP contribution is 2.32. The smallest absolute Gasteiger partial charge is 0.230 e. The Morgan fingerprint density at radius 3 is 2.56 bits per heavy atom. The summed E-state index contributed by atoms with van der Waals surface area (Å²) >= 11 is 0. The predicted octanol–water partition coefficient (Wildman–Crippen LogP) is 2.31. The molecule has 1 saturated heterocycles. The second kappa shape index (κ2) is 7.07. The van der Waals surface area contributed by atoms with Crippen LogP contribution in [0.5, 0.6) is 0 Å². The molecule has 0 aliphatic carbocycles. The van der Waals surface area contributed by atoms with Crippen molar-refractivity contribution >= 4 is 15.7 Å². The third-order valence-corrected chi connectivity index (χ3v) is 5.75. The first-order chi connectivity index (χ1) is 13.0. The molecule has 8 nitrogen and oxygen atoms in total. The van der Waals surface area contributed by atoms with E-state index < -0.39 is 9.84 Å². The summed E-state index contributed by atoms with van der Waals surface area (Å²) in [6, 6.07) is 8.79.